The number of aryl methyl sites for hydroxylation is 1. The fourth-order valence-corrected chi connectivity index (χ4v) is 5.11. The molecule has 2 atom stereocenters. The molecule has 2 rings (SSSR count). The zero-order valence-electron chi connectivity index (χ0n) is 11.2. The van der Waals surface area contributed by atoms with E-state index in [1.165, 1.54) is 6.92 Å². The first-order valence-electron chi connectivity index (χ1n) is 6.38. The summed E-state index contributed by atoms with van der Waals surface area (Å²) < 4.78 is 64.6. The van der Waals surface area contributed by atoms with E-state index in [-0.39, 0.29) is 22.7 Å². The van der Waals surface area contributed by atoms with E-state index in [1.54, 1.807) is 0 Å². The van der Waals surface area contributed by atoms with Gasteiger partial charge in [-0.2, -0.15) is 13.2 Å². The molecule has 10 heteroatoms. The van der Waals surface area contributed by atoms with E-state index in [1.807, 2.05) is 0 Å². The summed E-state index contributed by atoms with van der Waals surface area (Å²) >= 11 is 0.532. The molecule has 0 saturated heterocycles. The number of H-pyrrole nitrogens is 1. The Balaban J connectivity index is 2.14. The Morgan fingerprint density at radius 1 is 1.33 bits per heavy atom. The molecule has 5 nitrogen and oxygen atoms in total. The van der Waals surface area contributed by atoms with Crippen LogP contribution in [0.4, 0.5) is 13.2 Å². The molecule has 1 aliphatic rings. The van der Waals surface area contributed by atoms with Gasteiger partial charge >= 0.3 is 11.0 Å². The predicted octanol–water partition coefficient (Wildman–Crippen LogP) is 2.14. The second-order valence-electron chi connectivity index (χ2n) is 5.15. The molecule has 1 aliphatic carbocycles. The number of nitrogens with one attached hydrogen (secondary N) is 2. The molecule has 0 amide bonds. The lowest BCUT2D eigenvalue weighted by molar-refractivity contribution is -0.183. The van der Waals surface area contributed by atoms with Crippen LogP contribution in [0.1, 0.15) is 31.4 Å². The summed E-state index contributed by atoms with van der Waals surface area (Å²) in [6.07, 6.45) is -3.86. The normalized spacial score (nSPS) is 24.2. The van der Waals surface area contributed by atoms with Crippen LogP contribution in [0, 0.1) is 12.8 Å². The van der Waals surface area contributed by atoms with Crippen molar-refractivity contribution >= 4 is 21.4 Å². The zero-order valence-corrected chi connectivity index (χ0v) is 12.8. The van der Waals surface area contributed by atoms with Crippen molar-refractivity contribution in [3.63, 3.8) is 0 Å². The number of alkyl halides is 3. The van der Waals surface area contributed by atoms with Crippen LogP contribution < -0.4 is 9.60 Å². The summed E-state index contributed by atoms with van der Waals surface area (Å²) in [4.78, 5) is 13.0. The molecule has 0 aliphatic heterocycles. The molecule has 1 saturated carbocycles. The Bertz CT molecular complexity index is 663. The molecule has 1 aromatic rings. The van der Waals surface area contributed by atoms with Gasteiger partial charge in [0.1, 0.15) is 0 Å². The molecule has 0 bridgehead atoms. The number of sulfonamides is 1. The van der Waals surface area contributed by atoms with Gasteiger partial charge < -0.3 is 4.98 Å². The van der Waals surface area contributed by atoms with Gasteiger partial charge in [0.2, 0.25) is 0 Å². The summed E-state index contributed by atoms with van der Waals surface area (Å²) in [6, 6.07) is -0.757. The van der Waals surface area contributed by atoms with Gasteiger partial charge in [0, 0.05) is 11.7 Å². The van der Waals surface area contributed by atoms with Crippen LogP contribution in [0.15, 0.2) is 9.00 Å². The van der Waals surface area contributed by atoms with Crippen molar-refractivity contribution in [1.82, 2.24) is 9.71 Å². The van der Waals surface area contributed by atoms with Crippen molar-refractivity contribution in [2.45, 2.75) is 49.0 Å². The van der Waals surface area contributed by atoms with Crippen LogP contribution in [-0.2, 0) is 10.0 Å². The number of aromatic nitrogens is 1. The summed E-state index contributed by atoms with van der Waals surface area (Å²) in [5, 5.41) is 0. The van der Waals surface area contributed by atoms with Crippen molar-refractivity contribution in [3.05, 3.63) is 15.4 Å². The fraction of sp³-hybridized carbons (Fsp3) is 0.727. The second-order valence-corrected chi connectivity index (χ2v) is 8.04. The minimum Gasteiger partial charge on any atom is -0.315 e. The Morgan fingerprint density at radius 3 is 2.52 bits per heavy atom. The number of halogens is 3. The standard InChI is InChI=1S/C11H15F3N2O3S2/c1-6-9(20-10(17)15-6)21(18,19)16-8-4-2-3-7(5-8)11(12,13)14/h7-8,16H,2-5H2,1H3,(H,15,17). The van der Waals surface area contributed by atoms with E-state index >= 15 is 0 Å². The molecule has 0 spiro atoms. The predicted molar refractivity (Wildman–Crippen MR) is 71.8 cm³/mol. The lowest BCUT2D eigenvalue weighted by Gasteiger charge is -2.30. The molecular formula is C11H15F3N2O3S2. The molecule has 2 N–H and O–H groups in total. The van der Waals surface area contributed by atoms with Crippen LogP contribution in [0.3, 0.4) is 0 Å². The maximum absolute atomic E-state index is 12.7. The Hall–Kier alpha value is -0.870. The van der Waals surface area contributed by atoms with Gasteiger partial charge in [-0.05, 0) is 26.2 Å². The van der Waals surface area contributed by atoms with E-state index in [0.29, 0.717) is 24.2 Å². The summed E-state index contributed by atoms with van der Waals surface area (Å²) in [5.74, 6) is -1.48. The van der Waals surface area contributed by atoms with Crippen LogP contribution in [0.2, 0.25) is 0 Å². The Labute approximate surface area is 123 Å². The van der Waals surface area contributed by atoms with Gasteiger partial charge in [-0.15, -0.1) is 0 Å². The SMILES string of the molecule is Cc1[nH]c(=O)sc1S(=O)(=O)NC1CCCC(C(F)(F)F)C1. The van der Waals surface area contributed by atoms with Crippen molar-refractivity contribution in [2.24, 2.45) is 5.92 Å². The fourth-order valence-electron chi connectivity index (χ4n) is 2.51. The first kappa shape index (κ1) is 16.5. The average Bonchev–Trinajstić information content (AvgIpc) is 2.68. The summed E-state index contributed by atoms with van der Waals surface area (Å²) in [7, 11) is -3.97. The molecule has 1 heterocycles. The van der Waals surface area contributed by atoms with Crippen LogP contribution >= 0.6 is 11.3 Å². The molecule has 2 unspecified atom stereocenters. The molecule has 0 radical (unpaired) electrons. The third-order valence-electron chi connectivity index (χ3n) is 3.48. The summed E-state index contributed by atoms with van der Waals surface area (Å²) in [5.41, 5.74) is 0.195. The smallest absolute Gasteiger partial charge is 0.315 e. The van der Waals surface area contributed by atoms with Gasteiger partial charge in [0.25, 0.3) is 10.0 Å². The van der Waals surface area contributed by atoms with Gasteiger partial charge in [-0.1, -0.05) is 17.8 Å². The zero-order chi connectivity index (χ0) is 15.8. The topological polar surface area (TPSA) is 79.0 Å². The van der Waals surface area contributed by atoms with Crippen molar-refractivity contribution in [1.29, 1.82) is 0 Å². The Morgan fingerprint density at radius 2 is 2.00 bits per heavy atom. The average molecular weight is 344 g/mol. The van der Waals surface area contributed by atoms with E-state index in [0.717, 1.165) is 0 Å². The van der Waals surface area contributed by atoms with E-state index in [4.69, 9.17) is 0 Å². The van der Waals surface area contributed by atoms with E-state index in [2.05, 4.69) is 9.71 Å². The lowest BCUT2D eigenvalue weighted by atomic mass is 9.86. The molecule has 120 valence electrons. The molecule has 1 fully saturated rings. The first-order chi connectivity index (χ1) is 9.59. The van der Waals surface area contributed by atoms with Gasteiger partial charge in [0.15, 0.2) is 4.21 Å². The number of hydrogen-bond donors (Lipinski definition) is 2. The number of aromatic amines is 1. The van der Waals surface area contributed by atoms with Gasteiger partial charge in [-0.25, -0.2) is 13.1 Å². The number of thiazole rings is 1. The number of rotatable bonds is 3. The van der Waals surface area contributed by atoms with Crippen LogP contribution in [-0.4, -0.2) is 25.6 Å². The molecule has 1 aromatic heterocycles. The minimum atomic E-state index is -4.31. The van der Waals surface area contributed by atoms with E-state index < -0.39 is 33.0 Å². The molecule has 0 aromatic carbocycles. The first-order valence-corrected chi connectivity index (χ1v) is 8.68. The van der Waals surface area contributed by atoms with Crippen molar-refractivity contribution < 1.29 is 21.6 Å². The highest BCUT2D eigenvalue weighted by atomic mass is 32.2. The van der Waals surface area contributed by atoms with Crippen LogP contribution in [0.5, 0.6) is 0 Å². The quantitative estimate of drug-likeness (QED) is 0.882. The minimum absolute atomic E-state index is 0.0260. The van der Waals surface area contributed by atoms with E-state index in [9.17, 15) is 26.4 Å². The second kappa shape index (κ2) is 5.73. The highest BCUT2D eigenvalue weighted by molar-refractivity contribution is 7.91. The maximum Gasteiger partial charge on any atom is 0.391 e. The highest BCUT2D eigenvalue weighted by Crippen LogP contribution is 2.37. The van der Waals surface area contributed by atoms with Crippen LogP contribution in [0.25, 0.3) is 0 Å². The molecular weight excluding hydrogens is 329 g/mol. The summed E-state index contributed by atoms with van der Waals surface area (Å²) in [6.45, 7) is 1.44. The maximum atomic E-state index is 12.7. The molecule has 21 heavy (non-hydrogen) atoms. The lowest BCUT2D eigenvalue weighted by Crippen LogP contribution is -2.41. The Kier molecular flexibility index (Phi) is 4.50. The highest BCUT2D eigenvalue weighted by Gasteiger charge is 2.43. The van der Waals surface area contributed by atoms with Gasteiger partial charge in [0.05, 0.1) is 5.92 Å². The largest absolute Gasteiger partial charge is 0.391 e. The third kappa shape index (κ3) is 3.86. The monoisotopic (exact) mass is 344 g/mol. The third-order valence-corrected chi connectivity index (χ3v) is 6.61. The van der Waals surface area contributed by atoms with Gasteiger partial charge in [-0.3, -0.25) is 4.79 Å². The van der Waals surface area contributed by atoms with Crippen molar-refractivity contribution in [2.75, 3.05) is 0 Å². The van der Waals surface area contributed by atoms with Crippen molar-refractivity contribution in [3.8, 4) is 0 Å². The number of hydrogen-bond acceptors (Lipinski definition) is 4.